The van der Waals surface area contributed by atoms with Crippen LogP contribution in [0.15, 0.2) is 72.0 Å². The van der Waals surface area contributed by atoms with Gasteiger partial charge in [-0.2, -0.15) is 0 Å². The molecule has 0 saturated heterocycles. The first-order chi connectivity index (χ1) is 10.8. The number of rotatable bonds is 3. The van der Waals surface area contributed by atoms with Gasteiger partial charge in [0.15, 0.2) is 0 Å². The molecule has 4 nitrogen and oxygen atoms in total. The highest BCUT2D eigenvalue weighted by Crippen LogP contribution is 2.31. The highest BCUT2D eigenvalue weighted by atomic mass is 32.1. The Morgan fingerprint density at radius 2 is 2.00 bits per heavy atom. The molecular weight excluding hydrogens is 298 g/mol. The zero-order valence-electron chi connectivity index (χ0n) is 12.0. The van der Waals surface area contributed by atoms with Crippen molar-refractivity contribution >= 4 is 17.4 Å². The summed E-state index contributed by atoms with van der Waals surface area (Å²) in [5.74, 6) is 1.24. The fourth-order valence-electron chi connectivity index (χ4n) is 2.17. The summed E-state index contributed by atoms with van der Waals surface area (Å²) in [5.41, 5.74) is 0. The number of carbonyl (C=O) groups excluding carboxylic acids is 1. The van der Waals surface area contributed by atoms with E-state index in [2.05, 4.69) is 0 Å². The van der Waals surface area contributed by atoms with Crippen LogP contribution in [0.5, 0.6) is 5.75 Å². The summed E-state index contributed by atoms with van der Waals surface area (Å²) in [6.07, 6.45) is 4.91. The second kappa shape index (κ2) is 6.49. The molecule has 1 amide bonds. The number of hydrogen-bond acceptors (Lipinski definition) is 4. The first-order valence-corrected chi connectivity index (χ1v) is 7.68. The first-order valence-electron chi connectivity index (χ1n) is 6.80. The molecule has 2 heterocycles. The minimum absolute atomic E-state index is 0.226. The maximum atomic E-state index is 12.5. The fraction of sp³-hybridized carbons (Fsp3) is 0.118. The van der Waals surface area contributed by atoms with E-state index in [1.54, 1.807) is 47.8 Å². The lowest BCUT2D eigenvalue weighted by Crippen LogP contribution is -2.33. The number of allylic oxidation sites excluding steroid dienone is 1. The van der Waals surface area contributed by atoms with Crippen molar-refractivity contribution in [3.05, 3.63) is 76.8 Å². The second-order valence-electron chi connectivity index (χ2n) is 4.64. The number of para-hydroxylation sites is 1. The first kappa shape index (κ1) is 14.4. The lowest BCUT2D eigenvalue weighted by atomic mass is 10.1. The van der Waals surface area contributed by atoms with Crippen molar-refractivity contribution in [2.75, 3.05) is 7.11 Å². The van der Waals surface area contributed by atoms with Gasteiger partial charge in [0, 0.05) is 11.1 Å². The van der Waals surface area contributed by atoms with Crippen LogP contribution in [0.3, 0.4) is 0 Å². The van der Waals surface area contributed by atoms with E-state index in [-0.39, 0.29) is 6.04 Å². The Bertz CT molecular complexity index is 692. The summed E-state index contributed by atoms with van der Waals surface area (Å²) in [4.78, 5) is 15.1. The van der Waals surface area contributed by atoms with Crippen LogP contribution in [0.2, 0.25) is 0 Å². The fourth-order valence-corrected chi connectivity index (χ4v) is 2.96. The summed E-state index contributed by atoms with van der Waals surface area (Å²) in [6.45, 7) is 0. The molecule has 1 aliphatic rings. The van der Waals surface area contributed by atoms with Gasteiger partial charge in [-0.3, -0.25) is 4.90 Å². The molecule has 1 aromatic heterocycles. The quantitative estimate of drug-likeness (QED) is 0.845. The molecule has 1 atom stereocenters. The van der Waals surface area contributed by atoms with E-state index in [0.717, 1.165) is 10.6 Å². The van der Waals surface area contributed by atoms with Crippen LogP contribution in [0, 0.1) is 0 Å². The summed E-state index contributed by atoms with van der Waals surface area (Å²) >= 11 is 1.59. The van der Waals surface area contributed by atoms with E-state index in [1.165, 1.54) is 0 Å². The number of thiophene rings is 1. The minimum atomic E-state index is -0.424. The van der Waals surface area contributed by atoms with Gasteiger partial charge in [-0.05, 0) is 35.7 Å². The van der Waals surface area contributed by atoms with Gasteiger partial charge in [0.25, 0.3) is 0 Å². The molecule has 2 aromatic rings. The Kier molecular flexibility index (Phi) is 4.25. The third-order valence-electron chi connectivity index (χ3n) is 3.25. The topological polar surface area (TPSA) is 38.8 Å². The standard InChI is InChI=1S/C17H15NO3S/c1-20-14-9-10-18(15(12-14)16-8-5-11-22-16)17(19)21-13-6-3-2-4-7-13/h2-12,15H,1H3. The summed E-state index contributed by atoms with van der Waals surface area (Å²) in [7, 11) is 1.61. The monoisotopic (exact) mass is 313 g/mol. The van der Waals surface area contributed by atoms with Gasteiger partial charge >= 0.3 is 6.09 Å². The molecule has 1 unspecified atom stereocenters. The summed E-state index contributed by atoms with van der Waals surface area (Å²) in [6, 6.07) is 12.8. The maximum Gasteiger partial charge on any atom is 0.420 e. The van der Waals surface area contributed by atoms with Gasteiger partial charge in [-0.1, -0.05) is 24.3 Å². The van der Waals surface area contributed by atoms with Crippen LogP contribution in [0.25, 0.3) is 0 Å². The molecule has 22 heavy (non-hydrogen) atoms. The van der Waals surface area contributed by atoms with E-state index in [9.17, 15) is 4.79 Å². The van der Waals surface area contributed by atoms with Crippen LogP contribution in [-0.4, -0.2) is 18.1 Å². The van der Waals surface area contributed by atoms with E-state index in [1.807, 2.05) is 41.8 Å². The molecule has 0 saturated carbocycles. The van der Waals surface area contributed by atoms with E-state index < -0.39 is 6.09 Å². The SMILES string of the molecule is COC1=CC(c2cccs2)N(C(=O)Oc2ccccc2)C=C1. The number of nitrogens with zero attached hydrogens (tertiary/aromatic N) is 1. The molecule has 3 rings (SSSR count). The van der Waals surface area contributed by atoms with Crippen LogP contribution in [-0.2, 0) is 4.74 Å². The van der Waals surface area contributed by atoms with Crippen molar-refractivity contribution in [3.63, 3.8) is 0 Å². The maximum absolute atomic E-state index is 12.5. The molecule has 0 aliphatic carbocycles. The Balaban J connectivity index is 1.83. The van der Waals surface area contributed by atoms with Crippen LogP contribution < -0.4 is 4.74 Å². The molecule has 0 spiro atoms. The van der Waals surface area contributed by atoms with Crippen molar-refractivity contribution in [3.8, 4) is 5.75 Å². The van der Waals surface area contributed by atoms with Crippen LogP contribution in [0.1, 0.15) is 10.9 Å². The van der Waals surface area contributed by atoms with Crippen molar-refractivity contribution in [1.29, 1.82) is 0 Å². The molecule has 1 aromatic carbocycles. The van der Waals surface area contributed by atoms with Gasteiger partial charge in [0.2, 0.25) is 0 Å². The Morgan fingerprint density at radius 1 is 1.18 bits per heavy atom. The smallest absolute Gasteiger partial charge is 0.420 e. The molecule has 1 aliphatic heterocycles. The molecule has 0 fully saturated rings. The number of ether oxygens (including phenoxy) is 2. The average molecular weight is 313 g/mol. The number of amides is 1. The van der Waals surface area contributed by atoms with Crippen LogP contribution >= 0.6 is 11.3 Å². The highest BCUT2D eigenvalue weighted by Gasteiger charge is 2.27. The van der Waals surface area contributed by atoms with E-state index in [0.29, 0.717) is 5.75 Å². The van der Waals surface area contributed by atoms with Gasteiger partial charge in [0.1, 0.15) is 11.5 Å². The largest absolute Gasteiger partial charge is 0.497 e. The normalized spacial score (nSPS) is 17.0. The van der Waals surface area contributed by atoms with Crippen molar-refractivity contribution < 1.29 is 14.3 Å². The summed E-state index contributed by atoms with van der Waals surface area (Å²) < 4.78 is 10.7. The van der Waals surface area contributed by atoms with Gasteiger partial charge < -0.3 is 9.47 Å². The third kappa shape index (κ3) is 3.04. The molecule has 0 radical (unpaired) electrons. The highest BCUT2D eigenvalue weighted by molar-refractivity contribution is 7.10. The number of benzene rings is 1. The van der Waals surface area contributed by atoms with Gasteiger partial charge in [0.05, 0.1) is 13.2 Å². The number of carbonyl (C=O) groups is 1. The molecule has 0 N–H and O–H groups in total. The lowest BCUT2D eigenvalue weighted by Gasteiger charge is -2.28. The number of methoxy groups -OCH3 is 1. The van der Waals surface area contributed by atoms with Gasteiger partial charge in [-0.25, -0.2) is 4.79 Å². The average Bonchev–Trinajstić information content (AvgIpc) is 3.09. The zero-order valence-corrected chi connectivity index (χ0v) is 12.8. The Morgan fingerprint density at radius 3 is 2.68 bits per heavy atom. The van der Waals surface area contributed by atoms with Crippen molar-refractivity contribution in [2.45, 2.75) is 6.04 Å². The van der Waals surface area contributed by atoms with Crippen molar-refractivity contribution in [2.24, 2.45) is 0 Å². The van der Waals surface area contributed by atoms with E-state index >= 15 is 0 Å². The summed E-state index contributed by atoms with van der Waals surface area (Å²) in [5, 5.41) is 1.98. The third-order valence-corrected chi connectivity index (χ3v) is 4.19. The van der Waals surface area contributed by atoms with Gasteiger partial charge in [-0.15, -0.1) is 11.3 Å². The zero-order chi connectivity index (χ0) is 15.4. The number of hydrogen-bond donors (Lipinski definition) is 0. The second-order valence-corrected chi connectivity index (χ2v) is 5.62. The van der Waals surface area contributed by atoms with E-state index in [4.69, 9.17) is 9.47 Å². The predicted molar refractivity (Wildman–Crippen MR) is 85.6 cm³/mol. The molecular formula is C17H15NO3S. The molecule has 5 heteroatoms. The Hall–Kier alpha value is -2.53. The van der Waals surface area contributed by atoms with Crippen molar-refractivity contribution in [1.82, 2.24) is 4.90 Å². The molecule has 0 bridgehead atoms. The molecule has 112 valence electrons. The predicted octanol–water partition coefficient (Wildman–Crippen LogP) is 4.35. The Labute approximate surface area is 132 Å². The van der Waals surface area contributed by atoms with Crippen LogP contribution in [0.4, 0.5) is 4.79 Å². The lowest BCUT2D eigenvalue weighted by molar-refractivity contribution is 0.159. The minimum Gasteiger partial charge on any atom is -0.497 e.